The first kappa shape index (κ1) is 29.0. The Morgan fingerprint density at radius 2 is 1.57 bits per heavy atom. The van der Waals surface area contributed by atoms with Crippen molar-refractivity contribution in [3.63, 3.8) is 0 Å². The van der Waals surface area contributed by atoms with Gasteiger partial charge in [-0.15, -0.1) is 0 Å². The first-order valence-corrected chi connectivity index (χ1v) is 14.2. The van der Waals surface area contributed by atoms with E-state index in [1.807, 2.05) is 62.4 Å². The number of hydrogen-bond acceptors (Lipinski definition) is 7. The van der Waals surface area contributed by atoms with E-state index in [4.69, 9.17) is 23.4 Å². The molecule has 3 aromatic carbocycles. The highest BCUT2D eigenvalue weighted by atomic mass is 16.5. The Morgan fingerprint density at radius 1 is 0.857 bits per heavy atom. The van der Waals surface area contributed by atoms with Gasteiger partial charge < -0.3 is 28.3 Å². The fourth-order valence-electron chi connectivity index (χ4n) is 5.64. The zero-order valence-electron chi connectivity index (χ0n) is 25.0. The lowest BCUT2D eigenvalue weighted by molar-refractivity contribution is 0.0730. The number of methoxy groups -OCH3 is 3. The molecule has 1 amide bonds. The molecule has 8 nitrogen and oxygen atoms in total. The fraction of sp³-hybridized carbons (Fsp3) is 0.353. The number of carbonyl (C=O) groups excluding carboxylic acids is 1. The Kier molecular flexibility index (Phi) is 8.43. The molecule has 0 aliphatic carbocycles. The average Bonchev–Trinajstić information content (AvgIpc) is 3.28. The van der Waals surface area contributed by atoms with Gasteiger partial charge in [0.25, 0.3) is 5.91 Å². The second-order valence-electron chi connectivity index (χ2n) is 10.6. The van der Waals surface area contributed by atoms with E-state index in [9.17, 15) is 9.59 Å². The van der Waals surface area contributed by atoms with Gasteiger partial charge >= 0.3 is 0 Å². The van der Waals surface area contributed by atoms with E-state index in [1.165, 1.54) is 0 Å². The second-order valence-corrected chi connectivity index (χ2v) is 10.6. The van der Waals surface area contributed by atoms with Crippen molar-refractivity contribution in [2.45, 2.75) is 46.1 Å². The van der Waals surface area contributed by atoms with Crippen LogP contribution in [0.1, 0.15) is 64.2 Å². The van der Waals surface area contributed by atoms with Crippen molar-refractivity contribution in [2.24, 2.45) is 0 Å². The maximum absolute atomic E-state index is 14.1. The van der Waals surface area contributed by atoms with Crippen LogP contribution in [0.4, 0.5) is 0 Å². The summed E-state index contributed by atoms with van der Waals surface area (Å²) in [5, 5.41) is 0.470. The minimum atomic E-state index is -0.660. The van der Waals surface area contributed by atoms with Crippen molar-refractivity contribution in [2.75, 3.05) is 34.5 Å². The first-order valence-electron chi connectivity index (χ1n) is 14.2. The molecule has 42 heavy (non-hydrogen) atoms. The lowest BCUT2D eigenvalue weighted by Crippen LogP contribution is -2.31. The van der Waals surface area contributed by atoms with E-state index >= 15 is 0 Å². The molecule has 8 heteroatoms. The van der Waals surface area contributed by atoms with Crippen LogP contribution in [0.3, 0.4) is 0 Å². The summed E-state index contributed by atoms with van der Waals surface area (Å²) >= 11 is 0. The summed E-state index contributed by atoms with van der Waals surface area (Å²) in [6.45, 7) is 6.85. The van der Waals surface area contributed by atoms with E-state index in [1.54, 1.807) is 26.2 Å². The zero-order valence-corrected chi connectivity index (χ0v) is 25.0. The highest BCUT2D eigenvalue weighted by Crippen LogP contribution is 2.41. The molecule has 1 aliphatic rings. The molecule has 0 N–H and O–H groups in total. The molecule has 220 valence electrons. The van der Waals surface area contributed by atoms with Gasteiger partial charge in [0, 0.05) is 6.54 Å². The summed E-state index contributed by atoms with van der Waals surface area (Å²) in [5.74, 6) is 2.16. The first-order chi connectivity index (χ1) is 20.3. The van der Waals surface area contributed by atoms with Gasteiger partial charge in [-0.3, -0.25) is 9.59 Å². The van der Waals surface area contributed by atoms with Gasteiger partial charge in [0.2, 0.25) is 5.76 Å². The number of amides is 1. The topological polar surface area (TPSA) is 87.4 Å². The average molecular weight is 572 g/mol. The Hall–Kier alpha value is -4.46. The van der Waals surface area contributed by atoms with Gasteiger partial charge in [0.1, 0.15) is 5.58 Å². The number of unbranched alkanes of at least 4 members (excludes halogenated alkanes) is 1. The number of aryl methyl sites for hydroxylation is 2. The summed E-state index contributed by atoms with van der Waals surface area (Å²) in [7, 11) is 4.77. The molecular weight excluding hydrogens is 534 g/mol. The number of benzene rings is 3. The lowest BCUT2D eigenvalue weighted by Gasteiger charge is -2.26. The van der Waals surface area contributed by atoms with Crippen LogP contribution >= 0.6 is 0 Å². The monoisotopic (exact) mass is 571 g/mol. The van der Waals surface area contributed by atoms with Gasteiger partial charge in [0.15, 0.2) is 28.4 Å². The molecule has 1 aromatic heterocycles. The van der Waals surface area contributed by atoms with Crippen LogP contribution in [0.15, 0.2) is 57.7 Å². The molecule has 0 radical (unpaired) electrons. The number of rotatable bonds is 11. The highest BCUT2D eigenvalue weighted by molar-refractivity contribution is 5.99. The quantitative estimate of drug-likeness (QED) is 0.193. The van der Waals surface area contributed by atoms with Crippen molar-refractivity contribution >= 4 is 16.9 Å². The largest absolute Gasteiger partial charge is 0.493 e. The van der Waals surface area contributed by atoms with Crippen LogP contribution in [-0.4, -0.2) is 45.3 Å². The van der Waals surface area contributed by atoms with Crippen LogP contribution < -0.4 is 24.4 Å². The van der Waals surface area contributed by atoms with Gasteiger partial charge in [-0.05, 0) is 79.3 Å². The molecule has 1 atom stereocenters. The molecular formula is C34H37NO7. The van der Waals surface area contributed by atoms with Crippen molar-refractivity contribution < 1.29 is 28.2 Å². The number of carbonyl (C=O) groups is 1. The third-order valence-electron chi connectivity index (χ3n) is 7.75. The van der Waals surface area contributed by atoms with Crippen molar-refractivity contribution in [1.29, 1.82) is 0 Å². The number of fused-ring (bicyclic) bond motifs is 2. The highest BCUT2D eigenvalue weighted by Gasteiger charge is 2.43. The van der Waals surface area contributed by atoms with Crippen molar-refractivity contribution in [1.82, 2.24) is 4.90 Å². The fourth-order valence-corrected chi connectivity index (χ4v) is 5.64. The van der Waals surface area contributed by atoms with Gasteiger partial charge in [0.05, 0.1) is 44.9 Å². The SMILES string of the molecule is CCCCOc1ccc(C2c3c(oc4c(C)cc(C)cc4c3=O)C(=O)N2CCc2ccc(OC)c(OC)c2)cc1OC. The molecule has 0 bridgehead atoms. The van der Waals surface area contributed by atoms with Crippen LogP contribution in [0.2, 0.25) is 0 Å². The molecule has 5 rings (SSSR count). The summed E-state index contributed by atoms with van der Waals surface area (Å²) < 4.78 is 28.7. The van der Waals surface area contributed by atoms with E-state index in [2.05, 4.69) is 6.92 Å². The van der Waals surface area contributed by atoms with Crippen molar-refractivity contribution in [3.05, 3.63) is 92.3 Å². The van der Waals surface area contributed by atoms with Crippen LogP contribution in [0.25, 0.3) is 11.0 Å². The third kappa shape index (κ3) is 5.29. The zero-order chi connectivity index (χ0) is 30.0. The van der Waals surface area contributed by atoms with Crippen molar-refractivity contribution in [3.8, 4) is 23.0 Å². The molecule has 1 aliphatic heterocycles. The molecule has 2 heterocycles. The summed E-state index contributed by atoms with van der Waals surface area (Å²) in [4.78, 5) is 29.8. The normalized spacial score (nSPS) is 14.3. The molecule has 0 fully saturated rings. The van der Waals surface area contributed by atoms with E-state index < -0.39 is 6.04 Å². The van der Waals surface area contributed by atoms with Gasteiger partial charge in [-0.1, -0.05) is 31.5 Å². The lowest BCUT2D eigenvalue weighted by atomic mass is 9.96. The second kappa shape index (κ2) is 12.2. The Labute approximate surface area is 245 Å². The van der Waals surface area contributed by atoms with Crippen LogP contribution in [-0.2, 0) is 6.42 Å². The predicted molar refractivity (Wildman–Crippen MR) is 161 cm³/mol. The summed E-state index contributed by atoms with van der Waals surface area (Å²) in [6, 6.07) is 14.4. The molecule has 0 spiro atoms. The minimum Gasteiger partial charge on any atom is -0.493 e. The summed E-state index contributed by atoms with van der Waals surface area (Å²) in [6.07, 6.45) is 2.46. The van der Waals surface area contributed by atoms with E-state index in [0.29, 0.717) is 59.1 Å². The Balaban J connectivity index is 1.61. The van der Waals surface area contributed by atoms with Crippen LogP contribution in [0.5, 0.6) is 23.0 Å². The van der Waals surface area contributed by atoms with Crippen LogP contribution in [0, 0.1) is 13.8 Å². The standard InChI is InChI=1S/C34H37NO7/c1-7-8-15-41-26-12-10-23(19-28(26)40-6)30-29-31(36)24-17-20(2)16-21(3)32(24)42-33(29)34(37)35(30)14-13-22-9-11-25(38-4)27(18-22)39-5/h9-12,16-19,30H,7-8,13-15H2,1-6H3. The minimum absolute atomic E-state index is 0.0824. The Morgan fingerprint density at radius 3 is 2.29 bits per heavy atom. The van der Waals surface area contributed by atoms with E-state index in [0.717, 1.165) is 35.1 Å². The number of hydrogen-bond donors (Lipinski definition) is 0. The van der Waals surface area contributed by atoms with Gasteiger partial charge in [-0.25, -0.2) is 0 Å². The molecule has 0 saturated carbocycles. The molecule has 0 saturated heterocycles. The maximum atomic E-state index is 14.1. The smallest absolute Gasteiger partial charge is 0.290 e. The third-order valence-corrected chi connectivity index (χ3v) is 7.75. The number of ether oxygens (including phenoxy) is 4. The Bertz CT molecular complexity index is 1690. The van der Waals surface area contributed by atoms with E-state index in [-0.39, 0.29) is 17.1 Å². The number of nitrogens with zero attached hydrogens (tertiary/aromatic N) is 1. The molecule has 1 unspecified atom stereocenters. The maximum Gasteiger partial charge on any atom is 0.290 e. The summed E-state index contributed by atoms with van der Waals surface area (Å²) in [5.41, 5.74) is 4.05. The molecule has 4 aromatic rings. The van der Waals surface area contributed by atoms with Gasteiger partial charge in [-0.2, -0.15) is 0 Å². The predicted octanol–water partition coefficient (Wildman–Crippen LogP) is 6.40.